The fraction of sp³-hybridized carbons (Fsp3) is 0.833. The second-order valence-corrected chi connectivity index (χ2v) is 5.02. The van der Waals surface area contributed by atoms with Crippen molar-refractivity contribution >= 4 is 41.4 Å². The Balaban J connectivity index is 0.00000484. The van der Waals surface area contributed by atoms with Crippen LogP contribution in [0.25, 0.3) is 0 Å². The molecular weight excluding hydrogens is 325 g/mol. The molecule has 6 N–H and O–H groups in total. The molecule has 1 heterocycles. The Bertz CT molecular complexity index is 397. The summed E-state index contributed by atoms with van der Waals surface area (Å²) >= 11 is 0. The van der Waals surface area contributed by atoms with E-state index in [2.05, 4.69) is 4.74 Å². The number of ether oxygens (including phenoxy) is 1. The molecule has 10 nitrogen and oxygen atoms in total. The molecule has 1 unspecified atom stereocenters. The number of nitrogens with zero attached hydrogens (tertiary/aromatic N) is 1. The summed E-state index contributed by atoms with van der Waals surface area (Å²) in [6.07, 6.45) is -9.08. The molecule has 1 aliphatic rings. The summed E-state index contributed by atoms with van der Waals surface area (Å²) in [7, 11) is 0. The van der Waals surface area contributed by atoms with Crippen LogP contribution in [0.2, 0.25) is 0 Å². The molecule has 0 radical (unpaired) electrons. The van der Waals surface area contributed by atoms with E-state index in [1.165, 1.54) is 4.90 Å². The topological polar surface area (TPSA) is 168 Å². The van der Waals surface area contributed by atoms with Crippen molar-refractivity contribution < 1.29 is 45.0 Å². The van der Waals surface area contributed by atoms with Crippen molar-refractivity contribution in [3.05, 3.63) is 0 Å². The molecule has 1 rings (SSSR count). The summed E-state index contributed by atoms with van der Waals surface area (Å²) in [6.45, 7) is -0.894. The number of carbonyl (C=O) groups is 2. The number of carbonyl (C=O) groups excluding carboxylic acids is 2. The first-order chi connectivity index (χ1) is 10.3. The number of aliphatic hydroxyl groups excluding tert-OH is 6. The predicted molar refractivity (Wildman–Crippen MR) is 76.2 cm³/mol. The second-order valence-electron chi connectivity index (χ2n) is 5.02. The molecule has 11 heteroatoms. The van der Waals surface area contributed by atoms with Gasteiger partial charge in [-0.25, -0.2) is 0 Å². The van der Waals surface area contributed by atoms with Gasteiger partial charge < -0.3 is 40.3 Å². The van der Waals surface area contributed by atoms with Gasteiger partial charge in [0.05, 0.1) is 6.61 Å². The van der Waals surface area contributed by atoms with Gasteiger partial charge in [0.2, 0.25) is 12.2 Å². The van der Waals surface area contributed by atoms with Crippen LogP contribution in [0.5, 0.6) is 0 Å². The molecule has 1 amide bonds. The van der Waals surface area contributed by atoms with Crippen molar-refractivity contribution in [3.8, 4) is 0 Å². The molecule has 1 aliphatic heterocycles. The van der Waals surface area contributed by atoms with Crippen LogP contribution in [-0.4, -0.2) is 127 Å². The molecule has 0 aliphatic carbocycles. The number of likely N-dealkylation sites (tertiary alicyclic amines) is 1. The van der Waals surface area contributed by atoms with Gasteiger partial charge in [0, 0.05) is 13.0 Å². The van der Waals surface area contributed by atoms with Crippen LogP contribution in [0.4, 0.5) is 0 Å². The van der Waals surface area contributed by atoms with Crippen LogP contribution < -0.4 is 0 Å². The summed E-state index contributed by atoms with van der Waals surface area (Å²) in [4.78, 5) is 24.1. The Labute approximate surface area is 154 Å². The Hall–Kier alpha value is -0.300. The molecule has 5 atom stereocenters. The molecule has 1 fully saturated rings. The molecule has 0 spiro atoms. The van der Waals surface area contributed by atoms with E-state index < -0.39 is 49.8 Å². The SMILES string of the molecule is O=C(CN1CCCC1=O)OC(O)[C@@H](O)[C@@H](O)[C@H](O)[C@H](O)CO.[NaH]. The molecule has 23 heavy (non-hydrogen) atoms. The molecule has 130 valence electrons. The zero-order valence-electron chi connectivity index (χ0n) is 11.8. The van der Waals surface area contributed by atoms with E-state index >= 15 is 0 Å². The second kappa shape index (κ2) is 10.5. The van der Waals surface area contributed by atoms with Crippen molar-refractivity contribution in [2.45, 2.75) is 43.5 Å². The van der Waals surface area contributed by atoms with E-state index in [-0.39, 0.29) is 35.5 Å². The molecule has 1 saturated heterocycles. The molecule has 0 aromatic rings. The van der Waals surface area contributed by atoms with Crippen molar-refractivity contribution in [3.63, 3.8) is 0 Å². The summed E-state index contributed by atoms with van der Waals surface area (Å²) in [6, 6.07) is 0. The van der Waals surface area contributed by atoms with Crippen LogP contribution in [-0.2, 0) is 14.3 Å². The van der Waals surface area contributed by atoms with E-state index in [4.69, 9.17) is 10.2 Å². The van der Waals surface area contributed by atoms with Crippen LogP contribution in [0, 0.1) is 0 Å². The van der Waals surface area contributed by atoms with Crippen molar-refractivity contribution in [2.75, 3.05) is 19.7 Å². The van der Waals surface area contributed by atoms with Gasteiger partial charge in [-0.15, -0.1) is 0 Å². The average molecular weight is 347 g/mol. The number of rotatable bonds is 8. The van der Waals surface area contributed by atoms with Gasteiger partial charge in [-0.05, 0) is 6.42 Å². The number of hydrogen-bond acceptors (Lipinski definition) is 9. The van der Waals surface area contributed by atoms with Crippen LogP contribution in [0.3, 0.4) is 0 Å². The Morgan fingerprint density at radius 3 is 2.22 bits per heavy atom. The molecule has 0 saturated carbocycles. The average Bonchev–Trinajstić information content (AvgIpc) is 2.88. The summed E-state index contributed by atoms with van der Waals surface area (Å²) in [5.74, 6) is -1.22. The number of hydrogen-bond donors (Lipinski definition) is 6. The standard InChI is InChI=1S/C12H21NO9.Na.H/c14-5-6(15)9(18)10(19)11(20)12(21)22-8(17)4-13-3-1-2-7(13)16;;/h6,9-12,14-15,18-21H,1-5H2;;/t6-,9-,10+,11+,12?;;/m1../s1. The van der Waals surface area contributed by atoms with E-state index in [1.807, 2.05) is 0 Å². The van der Waals surface area contributed by atoms with Crippen LogP contribution >= 0.6 is 0 Å². The maximum absolute atomic E-state index is 11.5. The monoisotopic (exact) mass is 347 g/mol. The van der Waals surface area contributed by atoms with E-state index in [0.717, 1.165) is 0 Å². The quantitative estimate of drug-likeness (QED) is 0.143. The van der Waals surface area contributed by atoms with E-state index in [0.29, 0.717) is 19.4 Å². The van der Waals surface area contributed by atoms with Crippen LogP contribution in [0.1, 0.15) is 12.8 Å². The molecule has 0 aromatic carbocycles. The first-order valence-electron chi connectivity index (χ1n) is 6.76. The Kier molecular flexibility index (Phi) is 10.4. The zero-order valence-corrected chi connectivity index (χ0v) is 11.8. The van der Waals surface area contributed by atoms with Gasteiger partial charge in [-0.1, -0.05) is 0 Å². The number of esters is 1. The minimum atomic E-state index is -2.17. The zero-order chi connectivity index (χ0) is 16.9. The van der Waals surface area contributed by atoms with Gasteiger partial charge in [-0.3, -0.25) is 9.59 Å². The normalized spacial score (nSPS) is 21.1. The fourth-order valence-corrected chi connectivity index (χ4v) is 1.97. The van der Waals surface area contributed by atoms with E-state index in [9.17, 15) is 30.0 Å². The molecule has 0 aromatic heterocycles. The van der Waals surface area contributed by atoms with Gasteiger partial charge in [0.15, 0.2) is 0 Å². The summed E-state index contributed by atoms with van der Waals surface area (Å²) in [5, 5.41) is 55.7. The molecular formula is C12H22NNaO9. The van der Waals surface area contributed by atoms with Gasteiger partial charge >= 0.3 is 35.5 Å². The first-order valence-corrected chi connectivity index (χ1v) is 6.76. The first kappa shape index (κ1) is 22.7. The summed E-state index contributed by atoms with van der Waals surface area (Å²) < 4.78 is 4.46. The van der Waals surface area contributed by atoms with Crippen molar-refractivity contribution in [1.82, 2.24) is 4.90 Å². The van der Waals surface area contributed by atoms with Gasteiger partial charge in [0.25, 0.3) is 0 Å². The predicted octanol–water partition coefficient (Wildman–Crippen LogP) is -4.74. The van der Waals surface area contributed by atoms with E-state index in [1.54, 1.807) is 0 Å². The minimum absolute atomic E-state index is 0. The third kappa shape index (κ3) is 6.61. The van der Waals surface area contributed by atoms with Crippen LogP contribution in [0.15, 0.2) is 0 Å². The fourth-order valence-electron chi connectivity index (χ4n) is 1.97. The van der Waals surface area contributed by atoms with Crippen molar-refractivity contribution in [2.24, 2.45) is 0 Å². The summed E-state index contributed by atoms with van der Waals surface area (Å²) in [5.41, 5.74) is 0. The maximum atomic E-state index is 11.5. The van der Waals surface area contributed by atoms with Gasteiger partial charge in [0.1, 0.15) is 31.0 Å². The number of aliphatic hydroxyl groups is 6. The Morgan fingerprint density at radius 2 is 1.74 bits per heavy atom. The van der Waals surface area contributed by atoms with Crippen molar-refractivity contribution in [1.29, 1.82) is 0 Å². The number of amides is 1. The van der Waals surface area contributed by atoms with Gasteiger partial charge in [-0.2, -0.15) is 0 Å². The molecule has 0 bridgehead atoms. The third-order valence-electron chi connectivity index (χ3n) is 3.32. The Morgan fingerprint density at radius 1 is 1.13 bits per heavy atom. The third-order valence-corrected chi connectivity index (χ3v) is 3.32.